The van der Waals surface area contributed by atoms with Gasteiger partial charge in [0.25, 0.3) is 0 Å². The van der Waals surface area contributed by atoms with Crippen LogP contribution >= 0.6 is 0 Å². The van der Waals surface area contributed by atoms with Crippen LogP contribution in [0, 0.1) is 11.3 Å². The average molecular weight is 239 g/mol. The van der Waals surface area contributed by atoms with Crippen LogP contribution in [0.1, 0.15) is 26.2 Å². The van der Waals surface area contributed by atoms with Gasteiger partial charge in [-0.1, -0.05) is 0 Å². The van der Waals surface area contributed by atoms with E-state index in [1.807, 2.05) is 14.0 Å². The minimum atomic E-state index is -0.671. The maximum atomic E-state index is 11.7. The Morgan fingerprint density at radius 1 is 1.53 bits per heavy atom. The van der Waals surface area contributed by atoms with Crippen molar-refractivity contribution in [2.45, 2.75) is 31.7 Å². The quantitative estimate of drug-likeness (QED) is 0.710. The van der Waals surface area contributed by atoms with Crippen LogP contribution in [0.15, 0.2) is 0 Å². The highest BCUT2D eigenvalue weighted by Crippen LogP contribution is 2.20. The predicted octanol–water partition coefficient (Wildman–Crippen LogP) is 0.517. The van der Waals surface area contributed by atoms with Gasteiger partial charge in [0.1, 0.15) is 5.54 Å². The first kappa shape index (κ1) is 13.9. The lowest BCUT2D eigenvalue weighted by Crippen LogP contribution is -2.53. The number of nitriles is 1. The highest BCUT2D eigenvalue weighted by Gasteiger charge is 2.34. The van der Waals surface area contributed by atoms with Gasteiger partial charge in [0.2, 0.25) is 5.91 Å². The fourth-order valence-electron chi connectivity index (χ4n) is 1.90. The monoisotopic (exact) mass is 239 g/mol. The summed E-state index contributed by atoms with van der Waals surface area (Å²) in [6.45, 7) is 4.62. The van der Waals surface area contributed by atoms with Crippen LogP contribution in [-0.4, -0.2) is 49.7 Å². The number of hydrogen-bond donors (Lipinski definition) is 1. The summed E-state index contributed by atoms with van der Waals surface area (Å²) in [6.07, 6.45) is 1.72. The van der Waals surface area contributed by atoms with E-state index in [0.717, 1.165) is 13.1 Å². The van der Waals surface area contributed by atoms with Crippen molar-refractivity contribution in [3.8, 4) is 6.07 Å². The van der Waals surface area contributed by atoms with Gasteiger partial charge in [0.05, 0.1) is 19.1 Å². The summed E-state index contributed by atoms with van der Waals surface area (Å²) in [5.41, 5.74) is -0.671. The lowest BCUT2D eigenvalue weighted by atomic mass is 9.89. The van der Waals surface area contributed by atoms with E-state index < -0.39 is 5.54 Å². The molecule has 0 spiro atoms. The minimum absolute atomic E-state index is 0.0930. The second-order valence-electron chi connectivity index (χ2n) is 4.49. The van der Waals surface area contributed by atoms with E-state index in [0.29, 0.717) is 32.5 Å². The summed E-state index contributed by atoms with van der Waals surface area (Å²) < 4.78 is 5.12. The fraction of sp³-hybridized carbons (Fsp3) is 0.833. The molecule has 1 amide bonds. The van der Waals surface area contributed by atoms with E-state index in [2.05, 4.69) is 16.3 Å². The van der Waals surface area contributed by atoms with Crippen molar-refractivity contribution in [3.05, 3.63) is 0 Å². The summed E-state index contributed by atoms with van der Waals surface area (Å²) in [6, 6.07) is 2.26. The number of ether oxygens (including phenoxy) is 1. The Morgan fingerprint density at radius 3 is 2.71 bits per heavy atom. The van der Waals surface area contributed by atoms with Crippen LogP contribution in [0.4, 0.5) is 0 Å². The second kappa shape index (κ2) is 6.58. The Hall–Kier alpha value is -1.12. The van der Waals surface area contributed by atoms with Gasteiger partial charge in [-0.2, -0.15) is 5.26 Å². The molecule has 0 radical (unpaired) electrons. The number of rotatable bonds is 5. The van der Waals surface area contributed by atoms with Crippen molar-refractivity contribution < 1.29 is 9.53 Å². The van der Waals surface area contributed by atoms with Gasteiger partial charge in [-0.25, -0.2) is 0 Å². The topological polar surface area (TPSA) is 65.4 Å². The lowest BCUT2D eigenvalue weighted by molar-refractivity contribution is -0.123. The van der Waals surface area contributed by atoms with Crippen LogP contribution < -0.4 is 5.32 Å². The molecule has 0 aliphatic carbocycles. The number of piperidine rings is 1. The summed E-state index contributed by atoms with van der Waals surface area (Å²) in [4.78, 5) is 13.8. The average Bonchev–Trinajstić information content (AvgIpc) is 2.33. The van der Waals surface area contributed by atoms with Crippen LogP contribution in [0.25, 0.3) is 0 Å². The zero-order valence-corrected chi connectivity index (χ0v) is 10.7. The molecule has 1 heterocycles. The molecule has 5 heteroatoms. The number of nitrogens with one attached hydrogen (secondary N) is 1. The molecule has 1 aliphatic heterocycles. The Labute approximate surface area is 103 Å². The first-order valence-electron chi connectivity index (χ1n) is 6.10. The Balaban J connectivity index is 2.41. The van der Waals surface area contributed by atoms with E-state index in [9.17, 15) is 10.1 Å². The molecule has 0 bridgehead atoms. The molecule has 1 rings (SSSR count). The normalized spacial score (nSPS) is 19.6. The maximum Gasteiger partial charge on any atom is 0.223 e. The van der Waals surface area contributed by atoms with Crippen LogP contribution in [0.3, 0.4) is 0 Å². The summed E-state index contributed by atoms with van der Waals surface area (Å²) in [5.74, 6) is -0.0930. The number of nitrogens with zero attached hydrogens (tertiary/aromatic N) is 2. The molecule has 5 nitrogen and oxygen atoms in total. The number of hydrogen-bond acceptors (Lipinski definition) is 4. The van der Waals surface area contributed by atoms with E-state index in [1.54, 1.807) is 0 Å². The molecule has 0 atom stereocenters. The Kier molecular flexibility index (Phi) is 5.39. The SMILES string of the molecule is CCOCCC(=O)NC1(C#N)CCN(C)CC1. The van der Waals surface area contributed by atoms with Gasteiger partial charge in [0.15, 0.2) is 0 Å². The fourth-order valence-corrected chi connectivity index (χ4v) is 1.90. The highest BCUT2D eigenvalue weighted by molar-refractivity contribution is 5.77. The second-order valence-corrected chi connectivity index (χ2v) is 4.49. The van der Waals surface area contributed by atoms with Crippen LogP contribution in [0.5, 0.6) is 0 Å². The van der Waals surface area contributed by atoms with Gasteiger partial charge in [-0.05, 0) is 26.8 Å². The van der Waals surface area contributed by atoms with E-state index in [4.69, 9.17) is 4.74 Å². The molecule has 1 fully saturated rings. The molecule has 0 saturated carbocycles. The molecule has 0 aromatic carbocycles. The predicted molar refractivity (Wildman–Crippen MR) is 64.3 cm³/mol. The van der Waals surface area contributed by atoms with Crippen molar-refractivity contribution >= 4 is 5.91 Å². The zero-order valence-electron chi connectivity index (χ0n) is 10.7. The number of carbonyl (C=O) groups excluding carboxylic acids is 1. The molecular formula is C12H21N3O2. The third-order valence-corrected chi connectivity index (χ3v) is 3.11. The van der Waals surface area contributed by atoms with Crippen molar-refractivity contribution in [2.24, 2.45) is 0 Å². The third kappa shape index (κ3) is 4.33. The van der Waals surface area contributed by atoms with Gasteiger partial charge < -0.3 is 15.0 Å². The van der Waals surface area contributed by atoms with Crippen LogP contribution in [0.2, 0.25) is 0 Å². The lowest BCUT2D eigenvalue weighted by Gasteiger charge is -2.36. The van der Waals surface area contributed by atoms with Crippen molar-refractivity contribution in [1.82, 2.24) is 10.2 Å². The standard InChI is InChI=1S/C12H21N3O2/c1-3-17-9-4-11(16)14-12(10-13)5-7-15(2)8-6-12/h3-9H2,1-2H3,(H,14,16). The summed E-state index contributed by atoms with van der Waals surface area (Å²) in [7, 11) is 2.03. The minimum Gasteiger partial charge on any atom is -0.381 e. The first-order valence-corrected chi connectivity index (χ1v) is 6.10. The van der Waals surface area contributed by atoms with Crippen molar-refractivity contribution in [2.75, 3.05) is 33.4 Å². The molecular weight excluding hydrogens is 218 g/mol. The molecule has 0 unspecified atom stereocenters. The third-order valence-electron chi connectivity index (χ3n) is 3.11. The van der Waals surface area contributed by atoms with Crippen molar-refractivity contribution in [3.63, 3.8) is 0 Å². The highest BCUT2D eigenvalue weighted by atomic mass is 16.5. The van der Waals surface area contributed by atoms with Crippen LogP contribution in [-0.2, 0) is 9.53 Å². The molecule has 17 heavy (non-hydrogen) atoms. The molecule has 1 aliphatic rings. The van der Waals surface area contributed by atoms with Gasteiger partial charge in [-0.3, -0.25) is 4.79 Å². The van der Waals surface area contributed by atoms with Crippen molar-refractivity contribution in [1.29, 1.82) is 5.26 Å². The smallest absolute Gasteiger partial charge is 0.223 e. The molecule has 0 aromatic rings. The number of amides is 1. The molecule has 0 aromatic heterocycles. The van der Waals surface area contributed by atoms with Gasteiger partial charge in [0, 0.05) is 19.7 Å². The van der Waals surface area contributed by atoms with E-state index >= 15 is 0 Å². The zero-order chi connectivity index (χ0) is 12.7. The van der Waals surface area contributed by atoms with E-state index in [1.165, 1.54) is 0 Å². The summed E-state index contributed by atoms with van der Waals surface area (Å²) >= 11 is 0. The largest absolute Gasteiger partial charge is 0.381 e. The summed E-state index contributed by atoms with van der Waals surface area (Å²) in [5, 5.41) is 12.1. The Bertz CT molecular complexity index is 291. The molecule has 96 valence electrons. The van der Waals surface area contributed by atoms with E-state index in [-0.39, 0.29) is 5.91 Å². The van der Waals surface area contributed by atoms with Gasteiger partial charge >= 0.3 is 0 Å². The maximum absolute atomic E-state index is 11.7. The number of carbonyl (C=O) groups is 1. The number of likely N-dealkylation sites (tertiary alicyclic amines) is 1. The molecule has 1 saturated heterocycles. The Morgan fingerprint density at radius 2 is 2.18 bits per heavy atom. The first-order chi connectivity index (χ1) is 8.12. The molecule has 1 N–H and O–H groups in total. The van der Waals surface area contributed by atoms with Gasteiger partial charge in [-0.15, -0.1) is 0 Å².